The third-order valence-corrected chi connectivity index (χ3v) is 3.60. The lowest BCUT2D eigenvalue weighted by molar-refractivity contribution is 0.480. The predicted octanol–water partition coefficient (Wildman–Crippen LogP) is 2.72. The Balaban J connectivity index is 1.95. The van der Waals surface area contributed by atoms with E-state index < -0.39 is 0 Å². The maximum atomic E-state index is 4.43. The van der Waals surface area contributed by atoms with Crippen LogP contribution in [0.15, 0.2) is 6.07 Å². The van der Waals surface area contributed by atoms with Gasteiger partial charge in [-0.1, -0.05) is 12.8 Å². The molecule has 3 nitrogen and oxygen atoms in total. The topological polar surface area (TPSA) is 29.9 Å². The number of hydrogen-bond donors (Lipinski definition) is 1. The molecule has 84 valence electrons. The van der Waals surface area contributed by atoms with Crippen molar-refractivity contribution in [2.75, 3.05) is 5.32 Å². The first-order valence-corrected chi connectivity index (χ1v) is 5.94. The van der Waals surface area contributed by atoms with Crippen molar-refractivity contribution in [2.45, 2.75) is 45.6 Å². The fourth-order valence-corrected chi connectivity index (χ4v) is 2.44. The van der Waals surface area contributed by atoms with Gasteiger partial charge in [-0.05, 0) is 32.6 Å². The van der Waals surface area contributed by atoms with Gasteiger partial charge >= 0.3 is 0 Å². The van der Waals surface area contributed by atoms with Crippen LogP contribution in [0.3, 0.4) is 0 Å². The summed E-state index contributed by atoms with van der Waals surface area (Å²) in [6.07, 6.45) is 5.55. The van der Waals surface area contributed by atoms with Crippen molar-refractivity contribution in [2.24, 2.45) is 13.0 Å². The van der Waals surface area contributed by atoms with Crippen molar-refractivity contribution in [3.63, 3.8) is 0 Å². The first-order chi connectivity index (χ1) is 7.16. The van der Waals surface area contributed by atoms with Gasteiger partial charge in [-0.25, -0.2) is 0 Å². The molecule has 1 aromatic rings. The number of aryl methyl sites for hydroxylation is 2. The van der Waals surface area contributed by atoms with Crippen LogP contribution in [0.1, 0.15) is 38.3 Å². The number of anilines is 1. The molecule has 1 heterocycles. The van der Waals surface area contributed by atoms with Gasteiger partial charge in [0.15, 0.2) is 0 Å². The van der Waals surface area contributed by atoms with Gasteiger partial charge in [0.05, 0.1) is 0 Å². The van der Waals surface area contributed by atoms with E-state index in [0.717, 1.165) is 11.7 Å². The fourth-order valence-electron chi connectivity index (χ4n) is 2.44. The number of hydrogen-bond acceptors (Lipinski definition) is 2. The molecule has 1 saturated carbocycles. The minimum absolute atomic E-state index is 0.557. The molecule has 0 bridgehead atoms. The van der Waals surface area contributed by atoms with E-state index in [1.165, 1.54) is 31.4 Å². The van der Waals surface area contributed by atoms with Crippen molar-refractivity contribution in [3.8, 4) is 0 Å². The molecule has 1 aliphatic rings. The molecule has 1 fully saturated rings. The second-order valence-corrected chi connectivity index (χ2v) is 4.77. The molecule has 1 N–H and O–H groups in total. The summed E-state index contributed by atoms with van der Waals surface area (Å²) in [6, 6.07) is 2.67. The summed E-state index contributed by atoms with van der Waals surface area (Å²) in [7, 11) is 1.99. The molecule has 1 aromatic heterocycles. The van der Waals surface area contributed by atoms with Crippen LogP contribution < -0.4 is 5.32 Å². The van der Waals surface area contributed by atoms with Crippen LogP contribution in [0.4, 0.5) is 5.82 Å². The van der Waals surface area contributed by atoms with E-state index >= 15 is 0 Å². The first-order valence-electron chi connectivity index (χ1n) is 5.94. The highest BCUT2D eigenvalue weighted by Gasteiger charge is 2.21. The van der Waals surface area contributed by atoms with E-state index in [9.17, 15) is 0 Å². The third-order valence-electron chi connectivity index (χ3n) is 3.60. The average molecular weight is 207 g/mol. The van der Waals surface area contributed by atoms with Crippen LogP contribution in [0, 0.1) is 12.8 Å². The summed E-state index contributed by atoms with van der Waals surface area (Å²) in [4.78, 5) is 0. The van der Waals surface area contributed by atoms with Gasteiger partial charge in [-0.3, -0.25) is 4.68 Å². The normalized spacial score (nSPS) is 19.4. The molecule has 1 aliphatic carbocycles. The molecule has 1 unspecified atom stereocenters. The smallest absolute Gasteiger partial charge is 0.148 e. The van der Waals surface area contributed by atoms with Gasteiger partial charge in [0.2, 0.25) is 0 Å². The molecule has 0 aliphatic heterocycles. The molecule has 0 spiro atoms. The first kappa shape index (κ1) is 10.5. The van der Waals surface area contributed by atoms with E-state index in [4.69, 9.17) is 0 Å². The monoisotopic (exact) mass is 207 g/mol. The van der Waals surface area contributed by atoms with Crippen LogP contribution in [-0.4, -0.2) is 15.8 Å². The lowest BCUT2D eigenvalue weighted by Crippen LogP contribution is -2.24. The lowest BCUT2D eigenvalue weighted by Gasteiger charge is -2.19. The average Bonchev–Trinajstić information content (AvgIpc) is 2.77. The molecule has 0 radical (unpaired) electrons. The Hall–Kier alpha value is -0.990. The molecule has 2 rings (SSSR count). The van der Waals surface area contributed by atoms with E-state index in [-0.39, 0.29) is 0 Å². The Kier molecular flexibility index (Phi) is 2.98. The summed E-state index contributed by atoms with van der Waals surface area (Å²) in [5.41, 5.74) is 1.20. The maximum Gasteiger partial charge on any atom is 0.148 e. The zero-order valence-electron chi connectivity index (χ0n) is 9.95. The van der Waals surface area contributed by atoms with Gasteiger partial charge in [0.1, 0.15) is 5.82 Å². The van der Waals surface area contributed by atoms with Gasteiger partial charge in [0, 0.05) is 24.8 Å². The minimum atomic E-state index is 0.557. The molecule has 0 saturated heterocycles. The highest BCUT2D eigenvalue weighted by Crippen LogP contribution is 2.28. The molecular weight excluding hydrogens is 186 g/mol. The summed E-state index contributed by atoms with van der Waals surface area (Å²) < 4.78 is 1.92. The molecule has 3 heteroatoms. The Bertz CT molecular complexity index is 304. The SMILES string of the molecule is Cc1cc(NC(C)C2CCCC2)nn1C. The van der Waals surface area contributed by atoms with Gasteiger partial charge in [-0.2, -0.15) is 5.10 Å². The van der Waals surface area contributed by atoms with Gasteiger partial charge < -0.3 is 5.32 Å². The Morgan fingerprint density at radius 2 is 2.13 bits per heavy atom. The van der Waals surface area contributed by atoms with Crippen LogP contribution in [-0.2, 0) is 7.05 Å². The summed E-state index contributed by atoms with van der Waals surface area (Å²) >= 11 is 0. The molecule has 0 amide bonds. The van der Waals surface area contributed by atoms with E-state index in [0.29, 0.717) is 6.04 Å². The van der Waals surface area contributed by atoms with Crippen molar-refractivity contribution >= 4 is 5.82 Å². The van der Waals surface area contributed by atoms with E-state index in [1.54, 1.807) is 0 Å². The highest BCUT2D eigenvalue weighted by molar-refractivity contribution is 5.36. The highest BCUT2D eigenvalue weighted by atomic mass is 15.3. The second kappa shape index (κ2) is 4.25. The number of rotatable bonds is 3. The summed E-state index contributed by atoms with van der Waals surface area (Å²) in [6.45, 7) is 4.36. The predicted molar refractivity (Wildman–Crippen MR) is 63.0 cm³/mol. The van der Waals surface area contributed by atoms with Gasteiger partial charge in [-0.15, -0.1) is 0 Å². The van der Waals surface area contributed by atoms with Crippen molar-refractivity contribution in [3.05, 3.63) is 11.8 Å². The third kappa shape index (κ3) is 2.33. The molecule has 1 atom stereocenters. The lowest BCUT2D eigenvalue weighted by atomic mass is 10.00. The van der Waals surface area contributed by atoms with Crippen LogP contribution >= 0.6 is 0 Å². The van der Waals surface area contributed by atoms with Crippen molar-refractivity contribution in [1.29, 1.82) is 0 Å². The maximum absolute atomic E-state index is 4.43. The fraction of sp³-hybridized carbons (Fsp3) is 0.750. The standard InChI is InChI=1S/C12H21N3/c1-9-8-12(14-15(9)3)13-10(2)11-6-4-5-7-11/h8,10-11H,4-7H2,1-3H3,(H,13,14). The van der Waals surface area contributed by atoms with Crippen LogP contribution in [0.25, 0.3) is 0 Å². The number of nitrogens with one attached hydrogen (secondary N) is 1. The van der Waals surface area contributed by atoms with Crippen LogP contribution in [0.5, 0.6) is 0 Å². The van der Waals surface area contributed by atoms with Gasteiger partial charge in [0.25, 0.3) is 0 Å². The Labute approximate surface area is 91.9 Å². The summed E-state index contributed by atoms with van der Waals surface area (Å²) in [5, 5.41) is 7.94. The van der Waals surface area contributed by atoms with E-state index in [2.05, 4.69) is 30.3 Å². The quantitative estimate of drug-likeness (QED) is 0.826. The zero-order chi connectivity index (χ0) is 10.8. The van der Waals surface area contributed by atoms with Crippen LogP contribution in [0.2, 0.25) is 0 Å². The molecule has 15 heavy (non-hydrogen) atoms. The summed E-state index contributed by atoms with van der Waals surface area (Å²) in [5.74, 6) is 1.86. The number of nitrogens with zero attached hydrogens (tertiary/aromatic N) is 2. The Morgan fingerprint density at radius 1 is 1.47 bits per heavy atom. The van der Waals surface area contributed by atoms with E-state index in [1.807, 2.05) is 11.7 Å². The zero-order valence-corrected chi connectivity index (χ0v) is 9.95. The largest absolute Gasteiger partial charge is 0.366 e. The molecule has 0 aromatic carbocycles. The Morgan fingerprint density at radius 3 is 2.67 bits per heavy atom. The minimum Gasteiger partial charge on any atom is -0.366 e. The van der Waals surface area contributed by atoms with Crippen molar-refractivity contribution < 1.29 is 0 Å². The molecular formula is C12H21N3. The second-order valence-electron chi connectivity index (χ2n) is 4.77. The van der Waals surface area contributed by atoms with Crippen molar-refractivity contribution in [1.82, 2.24) is 9.78 Å². The number of aromatic nitrogens is 2.